The molecule has 2 saturated heterocycles. The Hall–Kier alpha value is -0.384. The quantitative estimate of drug-likeness (QED) is 0.460. The first kappa shape index (κ1) is 12.1. The van der Waals surface area contributed by atoms with E-state index in [1.165, 1.54) is 0 Å². The molecule has 6 nitrogen and oxygen atoms in total. The molecule has 24 heavy (non-hydrogen) atoms. The minimum Gasteiger partial charge on any atom is -0.480 e. The van der Waals surface area contributed by atoms with E-state index in [-0.39, 0.29) is 51.4 Å². The number of fused-ring (bicyclic) bond motifs is 1. The molecule has 2 amide bonds. The molecule has 0 spiro atoms. The second kappa shape index (κ2) is 7.47. The van der Waals surface area contributed by atoms with Gasteiger partial charge in [-0.25, -0.2) is 4.79 Å². The third-order valence-corrected chi connectivity index (χ3v) is 5.27. The van der Waals surface area contributed by atoms with Crippen molar-refractivity contribution in [2.45, 2.75) is 42.4 Å². The van der Waals surface area contributed by atoms with Crippen LogP contribution in [0.15, 0.2) is 30.2 Å². The Kier molecular flexibility index (Phi) is 3.76. The van der Waals surface area contributed by atoms with Crippen molar-refractivity contribution in [3.8, 4) is 0 Å². The molecule has 0 aromatic heterocycles. The average Bonchev–Trinajstić information content (AvgIpc) is 2.90. The maximum atomic E-state index is 12.7. The van der Waals surface area contributed by atoms with E-state index in [9.17, 15) is 19.5 Å². The SMILES string of the molecule is [2H]c1c([2H])c([2H])c(C([2H])([2H])C(=O)N[C@@H]2C(=O)N3[C@@H]2SC(C)(C)[C@@H]3C(=O)O)c([2H])c1[2H].[K+]. The maximum absolute atomic E-state index is 12.7. The van der Waals surface area contributed by atoms with Crippen LogP contribution in [0.4, 0.5) is 0 Å². The Bertz CT molecular complexity index is 964. The number of nitrogens with one attached hydrogen (secondary N) is 1. The minimum atomic E-state index is -3.03. The van der Waals surface area contributed by atoms with E-state index in [4.69, 9.17) is 9.60 Å². The van der Waals surface area contributed by atoms with Gasteiger partial charge in [0.25, 0.3) is 0 Å². The van der Waals surface area contributed by atoms with Crippen molar-refractivity contribution in [3.63, 3.8) is 0 Å². The molecule has 1 aromatic rings. The third-order valence-electron chi connectivity index (χ3n) is 3.70. The largest absolute Gasteiger partial charge is 1.00 e. The number of aliphatic carboxylic acids is 1. The molecule has 0 aliphatic carbocycles. The zero-order valence-corrected chi connectivity index (χ0v) is 17.2. The standard InChI is InChI=1S/C16H18N2O4S.K/c1-16(2)12(15(21)22)18-13(20)11(14(18)23-16)17-10(19)8-9-6-4-3-5-7-9;/h3-7,11-12,14H,8H2,1-2H3,(H,17,19)(H,21,22);/q;+1/t11-,12+,14-;/m1./s1/i3D,4D,5D,6D,7D,8D2;. The molecule has 2 fully saturated rings. The molecule has 2 heterocycles. The summed E-state index contributed by atoms with van der Waals surface area (Å²) in [5.41, 5.74) is -0.836. The number of carbonyl (C=O) groups excluding carboxylic acids is 2. The second-order valence-electron chi connectivity index (χ2n) is 5.67. The number of thioether (sulfide) groups is 1. The first-order valence-electron chi connectivity index (χ1n) is 10.3. The number of hydrogen-bond acceptors (Lipinski definition) is 4. The number of rotatable bonds is 4. The van der Waals surface area contributed by atoms with Gasteiger partial charge in [-0.15, -0.1) is 11.8 Å². The normalized spacial score (nSPS) is 31.6. The number of carboxylic acid groups (broad SMARTS) is 1. The van der Waals surface area contributed by atoms with Gasteiger partial charge in [0.2, 0.25) is 11.8 Å². The first-order chi connectivity index (χ1) is 13.6. The summed E-state index contributed by atoms with van der Waals surface area (Å²) in [5, 5.41) is 10.9. The summed E-state index contributed by atoms with van der Waals surface area (Å²) in [5.74, 6) is -3.23. The Balaban J connectivity index is 0.00000341. The summed E-state index contributed by atoms with van der Waals surface area (Å²) in [4.78, 5) is 37.8. The van der Waals surface area contributed by atoms with Crippen LogP contribution >= 0.6 is 11.8 Å². The molecule has 3 atom stereocenters. The van der Waals surface area contributed by atoms with E-state index in [0.29, 0.717) is 0 Å². The van der Waals surface area contributed by atoms with Crippen LogP contribution in [-0.2, 0) is 20.8 Å². The van der Waals surface area contributed by atoms with Crippen LogP contribution in [0, 0.1) is 0 Å². The fourth-order valence-corrected chi connectivity index (χ4v) is 4.37. The number of carboxylic acids is 1. The zero-order chi connectivity index (χ0) is 22.9. The number of β-lactam (4-membered cyclic amide) rings is 1. The number of hydrogen-bond donors (Lipinski definition) is 2. The van der Waals surface area contributed by atoms with Gasteiger partial charge in [-0.3, -0.25) is 9.59 Å². The number of amides is 2. The molecule has 1 aromatic carbocycles. The van der Waals surface area contributed by atoms with Crippen molar-refractivity contribution in [1.82, 2.24) is 10.2 Å². The van der Waals surface area contributed by atoms with Gasteiger partial charge in [0, 0.05) is 7.49 Å². The van der Waals surface area contributed by atoms with Gasteiger partial charge in [-0.2, -0.15) is 0 Å². The molecule has 122 valence electrons. The summed E-state index contributed by atoms with van der Waals surface area (Å²) in [6.07, 6.45) is -3.03. The van der Waals surface area contributed by atoms with Crippen LogP contribution in [0.2, 0.25) is 0 Å². The van der Waals surface area contributed by atoms with Crippen LogP contribution in [0.1, 0.15) is 29.0 Å². The van der Waals surface area contributed by atoms with Gasteiger partial charge in [-0.05, 0) is 19.4 Å². The Morgan fingerprint density at radius 1 is 1.42 bits per heavy atom. The van der Waals surface area contributed by atoms with Crippen LogP contribution < -0.4 is 56.7 Å². The molecule has 2 aliphatic heterocycles. The van der Waals surface area contributed by atoms with E-state index >= 15 is 0 Å². The molecule has 0 unspecified atom stereocenters. The number of nitrogens with zero attached hydrogens (tertiary/aromatic N) is 1. The van der Waals surface area contributed by atoms with E-state index in [2.05, 4.69) is 5.32 Å². The van der Waals surface area contributed by atoms with Gasteiger partial charge in [0.1, 0.15) is 17.5 Å². The summed E-state index contributed by atoms with van der Waals surface area (Å²) in [6.45, 7) is 3.29. The van der Waals surface area contributed by atoms with Gasteiger partial charge in [0.05, 0.1) is 13.2 Å². The molecule has 0 radical (unpaired) electrons. The topological polar surface area (TPSA) is 86.7 Å². The number of benzene rings is 1. The Labute approximate surface area is 197 Å². The van der Waals surface area contributed by atoms with Crippen molar-refractivity contribution in [1.29, 1.82) is 0 Å². The van der Waals surface area contributed by atoms with E-state index in [1.807, 2.05) is 0 Å². The maximum Gasteiger partial charge on any atom is 1.00 e. The van der Waals surface area contributed by atoms with E-state index < -0.39 is 82.1 Å². The van der Waals surface area contributed by atoms with Crippen LogP contribution in [0.5, 0.6) is 0 Å². The van der Waals surface area contributed by atoms with Crippen molar-refractivity contribution >= 4 is 29.5 Å². The van der Waals surface area contributed by atoms with Crippen molar-refractivity contribution < 1.29 is 80.5 Å². The summed E-state index contributed by atoms with van der Waals surface area (Å²) < 4.78 is 54.0. The third kappa shape index (κ3) is 3.59. The predicted molar refractivity (Wildman–Crippen MR) is 85.8 cm³/mol. The minimum absolute atomic E-state index is 0. The fourth-order valence-electron chi connectivity index (χ4n) is 2.75. The Morgan fingerprint density at radius 2 is 2.04 bits per heavy atom. The molecule has 3 rings (SSSR count). The Morgan fingerprint density at radius 3 is 2.62 bits per heavy atom. The summed E-state index contributed by atoms with van der Waals surface area (Å²) >= 11 is 1.16. The molecule has 2 N–H and O–H groups in total. The monoisotopic (exact) mass is 380 g/mol. The van der Waals surface area contributed by atoms with Gasteiger partial charge in [0.15, 0.2) is 0 Å². The van der Waals surface area contributed by atoms with Gasteiger partial charge >= 0.3 is 57.4 Å². The molecule has 8 heteroatoms. The molecule has 0 saturated carbocycles. The predicted octanol–water partition coefficient (Wildman–Crippen LogP) is -2.14. The average molecular weight is 381 g/mol. The smallest absolute Gasteiger partial charge is 0.480 e. The summed E-state index contributed by atoms with van der Waals surface area (Å²) in [6, 6.07) is -6.30. The van der Waals surface area contributed by atoms with E-state index in [0.717, 1.165) is 16.7 Å². The van der Waals surface area contributed by atoms with Crippen LogP contribution in [0.25, 0.3) is 0 Å². The van der Waals surface area contributed by atoms with Crippen LogP contribution in [-0.4, -0.2) is 50.0 Å². The van der Waals surface area contributed by atoms with Gasteiger partial charge in [-0.1, -0.05) is 30.2 Å². The molecule has 2 aliphatic rings. The number of carbonyl (C=O) groups is 3. The fraction of sp³-hybridized carbons (Fsp3) is 0.438. The van der Waals surface area contributed by atoms with E-state index in [1.54, 1.807) is 13.8 Å². The molecule has 0 bridgehead atoms. The van der Waals surface area contributed by atoms with Crippen LogP contribution in [0.3, 0.4) is 0 Å². The van der Waals surface area contributed by atoms with Crippen molar-refractivity contribution in [2.75, 3.05) is 0 Å². The van der Waals surface area contributed by atoms with Gasteiger partial charge < -0.3 is 15.3 Å². The van der Waals surface area contributed by atoms with Crippen molar-refractivity contribution in [3.05, 3.63) is 35.8 Å². The van der Waals surface area contributed by atoms with Crippen molar-refractivity contribution in [2.24, 2.45) is 0 Å². The first-order valence-corrected chi connectivity index (χ1v) is 7.63. The molecular formula is C16H18KN2O4S+. The summed E-state index contributed by atoms with van der Waals surface area (Å²) in [7, 11) is 0. The zero-order valence-electron chi connectivity index (χ0n) is 20.3. The second-order valence-corrected chi connectivity index (χ2v) is 7.45. The molecular weight excluding hydrogens is 355 g/mol.